The lowest BCUT2D eigenvalue weighted by atomic mass is 9.49. The number of aromatic hydroxyl groups is 1. The maximum atomic E-state index is 12.0. The predicted molar refractivity (Wildman–Crippen MR) is 99.9 cm³/mol. The molecule has 0 bridgehead atoms. The zero-order chi connectivity index (χ0) is 18.4. The predicted octanol–water partition coefficient (Wildman–Crippen LogP) is 5.09. The first-order valence-corrected chi connectivity index (χ1v) is 9.64. The fourth-order valence-corrected chi connectivity index (χ4v) is 5.73. The standard InChI is InChI=1S/C22H32O3/c1-14(2)16-11-15-7-8-19-21(3,13-20(24)25-5)9-6-10-22(19,4)17(15)12-18(16)23/h11-12,14,19,23H,6-10,13H2,1-5H3/t19-,21+,22+/m0/s1. The van der Waals surface area contributed by atoms with E-state index in [4.69, 9.17) is 4.74 Å². The highest BCUT2D eigenvalue weighted by molar-refractivity contribution is 5.70. The van der Waals surface area contributed by atoms with Crippen LogP contribution in [-0.2, 0) is 21.4 Å². The molecule has 0 aromatic heterocycles. The molecule has 1 N–H and O–H groups in total. The smallest absolute Gasteiger partial charge is 0.306 e. The number of hydrogen-bond acceptors (Lipinski definition) is 3. The minimum Gasteiger partial charge on any atom is -0.508 e. The molecular formula is C22H32O3. The van der Waals surface area contributed by atoms with E-state index in [-0.39, 0.29) is 16.8 Å². The van der Waals surface area contributed by atoms with Crippen LogP contribution >= 0.6 is 0 Å². The van der Waals surface area contributed by atoms with Crippen LogP contribution in [0.1, 0.15) is 82.4 Å². The van der Waals surface area contributed by atoms with Crippen LogP contribution in [-0.4, -0.2) is 18.2 Å². The van der Waals surface area contributed by atoms with Crippen LogP contribution in [0.4, 0.5) is 0 Å². The Bertz CT molecular complexity index is 678. The van der Waals surface area contributed by atoms with Gasteiger partial charge in [-0.2, -0.15) is 0 Å². The Kier molecular flexibility index (Phi) is 4.63. The van der Waals surface area contributed by atoms with Crippen LogP contribution in [0.25, 0.3) is 0 Å². The number of methoxy groups -OCH3 is 1. The number of fused-ring (bicyclic) bond motifs is 3. The summed E-state index contributed by atoms with van der Waals surface area (Å²) in [6.07, 6.45) is 5.96. The number of ether oxygens (including phenoxy) is 1. The minimum absolute atomic E-state index is 0.0237. The highest BCUT2D eigenvalue weighted by Crippen LogP contribution is 2.59. The molecule has 0 spiro atoms. The normalized spacial score (nSPS) is 31.4. The van der Waals surface area contributed by atoms with Crippen LogP contribution < -0.4 is 0 Å². The van der Waals surface area contributed by atoms with E-state index >= 15 is 0 Å². The van der Waals surface area contributed by atoms with Gasteiger partial charge in [0, 0.05) is 0 Å². The van der Waals surface area contributed by atoms with E-state index in [1.165, 1.54) is 18.2 Å². The molecule has 2 aliphatic carbocycles. The summed E-state index contributed by atoms with van der Waals surface area (Å²) >= 11 is 0. The van der Waals surface area contributed by atoms with Gasteiger partial charge in [0.1, 0.15) is 5.75 Å². The van der Waals surface area contributed by atoms with E-state index in [0.29, 0.717) is 24.0 Å². The number of carbonyl (C=O) groups excluding carboxylic acids is 1. The molecule has 2 aliphatic rings. The highest BCUT2D eigenvalue weighted by atomic mass is 16.5. The summed E-state index contributed by atoms with van der Waals surface area (Å²) in [7, 11) is 1.48. The molecule has 1 fully saturated rings. The van der Waals surface area contributed by atoms with Gasteiger partial charge in [-0.15, -0.1) is 0 Å². The van der Waals surface area contributed by atoms with Gasteiger partial charge in [0.05, 0.1) is 13.5 Å². The SMILES string of the molecule is COC(=O)C[C@@]1(C)CCC[C@]2(C)c3cc(O)c(C(C)C)cc3CC[C@@H]12. The van der Waals surface area contributed by atoms with Crippen LogP contribution in [0, 0.1) is 11.3 Å². The van der Waals surface area contributed by atoms with Gasteiger partial charge in [-0.25, -0.2) is 0 Å². The van der Waals surface area contributed by atoms with Gasteiger partial charge in [-0.05, 0) is 71.1 Å². The van der Waals surface area contributed by atoms with Crippen LogP contribution in [0.15, 0.2) is 12.1 Å². The number of aryl methyl sites for hydroxylation is 1. The molecule has 0 radical (unpaired) electrons. The van der Waals surface area contributed by atoms with E-state index in [1.807, 2.05) is 6.07 Å². The zero-order valence-corrected chi connectivity index (χ0v) is 16.3. The number of benzene rings is 1. The molecule has 138 valence electrons. The summed E-state index contributed by atoms with van der Waals surface area (Å²) in [5.74, 6) is 1.10. The quantitative estimate of drug-likeness (QED) is 0.777. The summed E-state index contributed by atoms with van der Waals surface area (Å²) in [6.45, 7) is 8.86. The van der Waals surface area contributed by atoms with Crippen molar-refractivity contribution in [3.05, 3.63) is 28.8 Å². The number of phenols is 1. The molecule has 0 heterocycles. The average Bonchev–Trinajstić information content (AvgIpc) is 2.54. The lowest BCUT2D eigenvalue weighted by Crippen LogP contribution is -2.49. The maximum Gasteiger partial charge on any atom is 0.306 e. The molecule has 3 rings (SSSR count). The summed E-state index contributed by atoms with van der Waals surface area (Å²) < 4.78 is 4.98. The van der Waals surface area contributed by atoms with E-state index in [9.17, 15) is 9.90 Å². The number of phenolic OH excluding ortho intramolecular Hbond substituents is 1. The first-order chi connectivity index (χ1) is 11.7. The number of esters is 1. The van der Waals surface area contributed by atoms with Crippen molar-refractivity contribution in [3.8, 4) is 5.75 Å². The van der Waals surface area contributed by atoms with E-state index in [0.717, 1.165) is 37.7 Å². The van der Waals surface area contributed by atoms with Gasteiger partial charge in [0.2, 0.25) is 0 Å². The molecule has 25 heavy (non-hydrogen) atoms. The second-order valence-corrected chi connectivity index (χ2v) is 8.99. The Morgan fingerprint density at radius 1 is 1.32 bits per heavy atom. The first-order valence-electron chi connectivity index (χ1n) is 9.64. The Labute approximate surface area is 151 Å². The second-order valence-electron chi connectivity index (χ2n) is 8.99. The minimum atomic E-state index is -0.101. The molecule has 0 unspecified atom stereocenters. The van der Waals surface area contributed by atoms with E-state index in [2.05, 4.69) is 33.8 Å². The molecule has 0 amide bonds. The van der Waals surface area contributed by atoms with E-state index < -0.39 is 0 Å². The molecular weight excluding hydrogens is 312 g/mol. The fourth-order valence-electron chi connectivity index (χ4n) is 5.73. The van der Waals surface area contributed by atoms with Gasteiger partial charge < -0.3 is 9.84 Å². The van der Waals surface area contributed by atoms with Crippen molar-refractivity contribution in [3.63, 3.8) is 0 Å². The van der Waals surface area contributed by atoms with Crippen molar-refractivity contribution in [1.82, 2.24) is 0 Å². The third kappa shape index (κ3) is 2.96. The van der Waals surface area contributed by atoms with Gasteiger partial charge in [-0.3, -0.25) is 4.79 Å². The summed E-state index contributed by atoms with van der Waals surface area (Å²) in [5, 5.41) is 10.6. The topological polar surface area (TPSA) is 46.5 Å². The van der Waals surface area contributed by atoms with Crippen molar-refractivity contribution in [1.29, 1.82) is 0 Å². The Balaban J connectivity index is 2.04. The maximum absolute atomic E-state index is 12.0. The lowest BCUT2D eigenvalue weighted by Gasteiger charge is -2.55. The van der Waals surface area contributed by atoms with Gasteiger partial charge in [0.15, 0.2) is 0 Å². The zero-order valence-electron chi connectivity index (χ0n) is 16.3. The molecule has 3 heteroatoms. The van der Waals surface area contributed by atoms with Crippen LogP contribution in [0.2, 0.25) is 0 Å². The molecule has 3 atom stereocenters. The molecule has 0 saturated heterocycles. The second kappa shape index (κ2) is 6.34. The third-order valence-electron chi connectivity index (χ3n) is 7.02. The largest absolute Gasteiger partial charge is 0.508 e. The summed E-state index contributed by atoms with van der Waals surface area (Å²) in [5.41, 5.74) is 3.75. The van der Waals surface area contributed by atoms with E-state index in [1.54, 1.807) is 0 Å². The molecule has 3 nitrogen and oxygen atoms in total. The Morgan fingerprint density at radius 3 is 2.68 bits per heavy atom. The summed E-state index contributed by atoms with van der Waals surface area (Å²) in [4.78, 5) is 12.0. The number of hydrogen-bond donors (Lipinski definition) is 1. The first kappa shape index (κ1) is 18.3. The Morgan fingerprint density at radius 2 is 2.04 bits per heavy atom. The van der Waals surface area contributed by atoms with Crippen molar-refractivity contribution < 1.29 is 14.6 Å². The van der Waals surface area contributed by atoms with Crippen molar-refractivity contribution in [2.45, 2.75) is 77.6 Å². The third-order valence-corrected chi connectivity index (χ3v) is 7.02. The molecule has 1 aromatic rings. The van der Waals surface area contributed by atoms with Gasteiger partial charge >= 0.3 is 5.97 Å². The monoisotopic (exact) mass is 344 g/mol. The molecule has 1 aromatic carbocycles. The van der Waals surface area contributed by atoms with Gasteiger partial charge in [0.25, 0.3) is 0 Å². The Hall–Kier alpha value is -1.51. The number of rotatable bonds is 3. The molecule has 0 aliphatic heterocycles. The van der Waals surface area contributed by atoms with Crippen LogP contribution in [0.3, 0.4) is 0 Å². The van der Waals surface area contributed by atoms with Crippen molar-refractivity contribution in [2.75, 3.05) is 7.11 Å². The molecule has 1 saturated carbocycles. The van der Waals surface area contributed by atoms with Crippen molar-refractivity contribution in [2.24, 2.45) is 11.3 Å². The summed E-state index contributed by atoms with van der Waals surface area (Å²) in [6, 6.07) is 4.25. The highest BCUT2D eigenvalue weighted by Gasteiger charge is 2.52. The van der Waals surface area contributed by atoms with Crippen LogP contribution in [0.5, 0.6) is 5.75 Å². The van der Waals surface area contributed by atoms with Crippen molar-refractivity contribution >= 4 is 5.97 Å². The fraction of sp³-hybridized carbons (Fsp3) is 0.682. The number of carbonyl (C=O) groups is 1. The average molecular weight is 344 g/mol. The van der Waals surface area contributed by atoms with Gasteiger partial charge in [-0.1, -0.05) is 40.2 Å². The lowest BCUT2D eigenvalue weighted by molar-refractivity contribution is -0.146.